The average molecular weight is 1320 g/mol. The summed E-state index contributed by atoms with van der Waals surface area (Å²) in [7, 11) is 0. The summed E-state index contributed by atoms with van der Waals surface area (Å²) in [6.45, 7) is 37.9. The fourth-order valence-corrected chi connectivity index (χ4v) is 14.3. The average Bonchev–Trinajstić information content (AvgIpc) is 1.60. The topological polar surface area (TPSA) is 9.72 Å². The van der Waals surface area contributed by atoms with Crippen molar-refractivity contribution in [2.45, 2.75) is 109 Å². The van der Waals surface area contributed by atoms with Gasteiger partial charge in [0.05, 0.1) is 0 Å². The Bertz CT molecular complexity index is 4490. The van der Waals surface area contributed by atoms with Crippen LogP contribution in [0.15, 0.2) is 311 Å². The minimum absolute atomic E-state index is 0.997. The maximum Gasteiger partial charge on any atom is 0.0476 e. The van der Waals surface area contributed by atoms with Gasteiger partial charge in [-0.15, -0.1) is 34.0 Å². The third-order valence-corrected chi connectivity index (χ3v) is 18.7. The van der Waals surface area contributed by atoms with Gasteiger partial charge < -0.3 is 14.7 Å². The Hall–Kier alpha value is -9.56. The van der Waals surface area contributed by atoms with Crippen LogP contribution in [0.1, 0.15) is 113 Å². The lowest BCUT2D eigenvalue weighted by molar-refractivity contribution is 1.18. The van der Waals surface area contributed by atoms with E-state index in [1.807, 2.05) is 121 Å². The lowest BCUT2D eigenvalue weighted by Crippen LogP contribution is -2.14. The number of fused-ring (bicyclic) bond motifs is 7. The third kappa shape index (κ3) is 19.1. The first-order valence-corrected chi connectivity index (χ1v) is 36.5. The van der Waals surface area contributed by atoms with Gasteiger partial charge in [-0.05, 0) is 197 Å². The second-order valence-electron chi connectivity index (χ2n) is 21.1. The third-order valence-electron chi connectivity index (χ3n) is 15.1. The molecule has 0 aliphatic heterocycles. The molecule has 0 N–H and O–H groups in total. The van der Waals surface area contributed by atoms with E-state index in [0.29, 0.717) is 0 Å². The number of para-hydroxylation sites is 3. The van der Waals surface area contributed by atoms with E-state index in [9.17, 15) is 0 Å². The maximum atomic E-state index is 4.29. The molecule has 3 aromatic heterocycles. The van der Waals surface area contributed by atoms with Crippen molar-refractivity contribution >= 4 is 136 Å². The van der Waals surface area contributed by atoms with Crippen LogP contribution in [0.3, 0.4) is 0 Å². The first-order chi connectivity index (χ1) is 47.2. The Labute approximate surface area is 588 Å². The van der Waals surface area contributed by atoms with Crippen molar-refractivity contribution < 1.29 is 0 Å². The number of anilines is 8. The highest BCUT2D eigenvalue weighted by atomic mass is 32.1. The second kappa shape index (κ2) is 40.6. The molecule has 3 nitrogen and oxygen atoms in total. The number of allylic oxidation sites excluding steroid dienone is 13. The van der Waals surface area contributed by atoms with Crippen LogP contribution in [-0.4, -0.2) is 0 Å². The van der Waals surface area contributed by atoms with Crippen LogP contribution in [-0.2, 0) is 6.42 Å². The predicted octanol–water partition coefficient (Wildman–Crippen LogP) is 30.6. The molecule has 12 aromatic rings. The molecule has 9 aromatic carbocycles. The van der Waals surface area contributed by atoms with E-state index in [2.05, 4.69) is 317 Å². The highest BCUT2D eigenvalue weighted by Gasteiger charge is 2.21. The summed E-state index contributed by atoms with van der Waals surface area (Å²) in [6, 6.07) is 75.6. The summed E-state index contributed by atoms with van der Waals surface area (Å²) >= 11 is 5.60. The van der Waals surface area contributed by atoms with Crippen LogP contribution >= 0.6 is 34.0 Å². The van der Waals surface area contributed by atoms with Gasteiger partial charge >= 0.3 is 0 Å². The molecule has 0 bridgehead atoms. The maximum absolute atomic E-state index is 4.29. The number of benzene rings is 9. The van der Waals surface area contributed by atoms with Crippen molar-refractivity contribution in [3.63, 3.8) is 0 Å². The molecule has 12 rings (SSSR count). The zero-order valence-corrected chi connectivity index (χ0v) is 61.5. The minimum atomic E-state index is 0.997. The van der Waals surface area contributed by atoms with Gasteiger partial charge in [0.25, 0.3) is 0 Å². The zero-order chi connectivity index (χ0) is 69.2. The Balaban J connectivity index is 0.000000583. The van der Waals surface area contributed by atoms with Crippen molar-refractivity contribution in [3.8, 4) is 11.1 Å². The van der Waals surface area contributed by atoms with Crippen molar-refractivity contribution in [2.24, 2.45) is 0 Å². The van der Waals surface area contributed by atoms with Crippen LogP contribution in [0.5, 0.6) is 0 Å². The fourth-order valence-electron chi connectivity index (χ4n) is 10.9. The van der Waals surface area contributed by atoms with E-state index in [4.69, 9.17) is 0 Å². The second-order valence-corrected chi connectivity index (χ2v) is 24.4. The van der Waals surface area contributed by atoms with Crippen molar-refractivity contribution in [1.82, 2.24) is 0 Å². The van der Waals surface area contributed by atoms with Gasteiger partial charge in [0, 0.05) is 107 Å². The van der Waals surface area contributed by atoms with Gasteiger partial charge in [0.2, 0.25) is 0 Å². The predicted molar refractivity (Wildman–Crippen MR) is 442 cm³/mol. The quantitative estimate of drug-likeness (QED) is 0.0626. The van der Waals surface area contributed by atoms with Gasteiger partial charge in [-0.3, -0.25) is 0 Å². The SMILES string of the molecule is C/C=C\CC.C=C/C(=C\C=C/C)N(c1ccc(-c2ccc3sc(CC)c(/C=C\C)c3c2)cc1)c1ccc2c(c1)sc1ccc(N(c3ccccc3)c3ccc4c(c3)sc3ccc(N(c5ccccc5)c5ccccc5)cc34)cc12.C=C/C=C\C.C=C/C=C\CC.CC.CC.CC. The number of nitrogens with zero attached hydrogens (tertiary/aromatic N) is 3. The summed E-state index contributed by atoms with van der Waals surface area (Å²) in [5, 5.41) is 6.31. The van der Waals surface area contributed by atoms with Gasteiger partial charge in [0.1, 0.15) is 0 Å². The molecule has 0 unspecified atom stereocenters. The monoisotopic (exact) mass is 1320 g/mol. The molecule has 0 aliphatic carbocycles. The van der Waals surface area contributed by atoms with E-state index >= 15 is 0 Å². The highest BCUT2D eigenvalue weighted by molar-refractivity contribution is 7.26. The molecular weight excluding hydrogens is 1220 g/mol. The molecule has 0 saturated carbocycles. The smallest absolute Gasteiger partial charge is 0.0476 e. The number of hydrogen-bond donors (Lipinski definition) is 0. The molecule has 0 amide bonds. The molecule has 96 heavy (non-hydrogen) atoms. The first kappa shape index (κ1) is 75.5. The van der Waals surface area contributed by atoms with Crippen molar-refractivity contribution in [1.29, 1.82) is 0 Å². The lowest BCUT2D eigenvalue weighted by Gasteiger charge is -2.26. The van der Waals surface area contributed by atoms with Gasteiger partial charge in [-0.2, -0.15) is 0 Å². The molecule has 0 spiro atoms. The molecule has 0 fully saturated rings. The van der Waals surface area contributed by atoms with E-state index in [0.717, 1.165) is 70.5 Å². The Morgan fingerprint density at radius 3 is 1.23 bits per heavy atom. The molecule has 0 aliphatic rings. The summed E-state index contributed by atoms with van der Waals surface area (Å²) in [5.74, 6) is 0. The number of thiophene rings is 3. The molecule has 6 heteroatoms. The zero-order valence-electron chi connectivity index (χ0n) is 59.0. The van der Waals surface area contributed by atoms with Gasteiger partial charge in [-0.25, -0.2) is 0 Å². The van der Waals surface area contributed by atoms with Gasteiger partial charge in [0.15, 0.2) is 0 Å². The molecular formula is C90H99N3S3. The molecule has 0 saturated heterocycles. The van der Waals surface area contributed by atoms with Gasteiger partial charge in [-0.1, -0.05) is 240 Å². The van der Waals surface area contributed by atoms with Crippen LogP contribution in [0.25, 0.3) is 67.6 Å². The van der Waals surface area contributed by atoms with Crippen LogP contribution < -0.4 is 14.7 Å². The molecule has 492 valence electrons. The summed E-state index contributed by atoms with van der Waals surface area (Å²) < 4.78 is 6.33. The Morgan fingerprint density at radius 2 is 0.802 bits per heavy atom. The fraction of sp³-hybridized carbons (Fsp3) is 0.178. The number of rotatable bonds is 18. The summed E-state index contributed by atoms with van der Waals surface area (Å²) in [4.78, 5) is 8.48. The molecule has 0 radical (unpaired) electrons. The molecule has 0 atom stereocenters. The number of aryl methyl sites for hydroxylation is 1. The van der Waals surface area contributed by atoms with Crippen molar-refractivity contribution in [3.05, 3.63) is 321 Å². The summed E-state index contributed by atoms with van der Waals surface area (Å²) in [5.41, 5.74) is 13.6. The van der Waals surface area contributed by atoms with E-state index in [1.165, 1.54) is 72.0 Å². The van der Waals surface area contributed by atoms with E-state index in [-0.39, 0.29) is 0 Å². The number of hydrogen-bond acceptors (Lipinski definition) is 6. The lowest BCUT2D eigenvalue weighted by atomic mass is 10.0. The Kier molecular flexibility index (Phi) is 31.9. The van der Waals surface area contributed by atoms with Crippen LogP contribution in [0.4, 0.5) is 45.5 Å². The molecule has 3 heterocycles. The van der Waals surface area contributed by atoms with E-state index < -0.39 is 0 Å². The standard InChI is InChI=1S/C68H53N3S3.C6H10.C5H10.C5H8.3C2H6/c1-5-9-20-48(7-3)69(52-30-27-46(28-31-52)47-29-38-64-60(41-47)57(19-6-2)63(8-4)72-64)55-32-36-58-62-43-54(35-40-66(62)73-67(58)44-55)71(51-25-17-12-18-26-51)56-33-37-59-61-42-53(34-39-65(61)74-68(59)45-56)70(49-21-13-10-14-22-49)50-23-15-11-16-24-50;1-3-5-6-4-2;2*1-3-5-4-2;3*1-2/h5-7,9-45H,3,8H2,1-2,4H3;3,5-6H,1,4H2,2H3;3,5H,4H2,1-2H3;3-5H,1H2,2H3;3*1-2H3/b9-5-,19-6-,48-20+;6-5-;5-3-;5-4-;;;. The largest absolute Gasteiger partial charge is 0.310 e. The highest BCUT2D eigenvalue weighted by Crippen LogP contribution is 2.46. The van der Waals surface area contributed by atoms with E-state index in [1.54, 1.807) is 12.2 Å². The van der Waals surface area contributed by atoms with Crippen LogP contribution in [0.2, 0.25) is 0 Å². The Morgan fingerprint density at radius 1 is 0.365 bits per heavy atom. The van der Waals surface area contributed by atoms with Crippen LogP contribution in [0, 0.1) is 0 Å². The minimum Gasteiger partial charge on any atom is -0.310 e. The normalized spacial score (nSPS) is 11.1. The summed E-state index contributed by atoms with van der Waals surface area (Å²) in [6.07, 6.45) is 31.5. The first-order valence-electron chi connectivity index (χ1n) is 34.1. The van der Waals surface area contributed by atoms with Crippen molar-refractivity contribution in [2.75, 3.05) is 14.7 Å².